The first kappa shape index (κ1) is 17.5. The lowest BCUT2D eigenvalue weighted by molar-refractivity contribution is 0.143. The Labute approximate surface area is 117 Å². The Kier molecular flexibility index (Phi) is 10.7. The fourth-order valence-corrected chi connectivity index (χ4v) is 1.54. The third-order valence-corrected chi connectivity index (χ3v) is 2.77. The predicted octanol–water partition coefficient (Wildman–Crippen LogP) is 4.56. The normalized spacial score (nSPS) is 9.42. The highest BCUT2D eigenvalue weighted by Gasteiger charge is 2.08. The SMILES string of the molecule is CCCCN(CCCC)C(=O)O.Cc1ccccc1. The lowest BCUT2D eigenvalue weighted by Crippen LogP contribution is -2.31. The lowest BCUT2D eigenvalue weighted by Gasteiger charge is -2.17. The van der Waals surface area contributed by atoms with Gasteiger partial charge in [-0.05, 0) is 19.8 Å². The number of nitrogens with zero attached hydrogens (tertiary/aromatic N) is 1. The van der Waals surface area contributed by atoms with Crippen LogP contribution >= 0.6 is 0 Å². The van der Waals surface area contributed by atoms with Crippen LogP contribution in [0.1, 0.15) is 45.1 Å². The van der Waals surface area contributed by atoms with Crippen molar-refractivity contribution < 1.29 is 9.90 Å². The minimum Gasteiger partial charge on any atom is -0.465 e. The summed E-state index contributed by atoms with van der Waals surface area (Å²) in [6, 6.07) is 10.3. The summed E-state index contributed by atoms with van der Waals surface area (Å²) in [7, 11) is 0. The van der Waals surface area contributed by atoms with Gasteiger partial charge in [-0.2, -0.15) is 0 Å². The van der Waals surface area contributed by atoms with Gasteiger partial charge in [-0.3, -0.25) is 0 Å². The van der Waals surface area contributed by atoms with E-state index >= 15 is 0 Å². The summed E-state index contributed by atoms with van der Waals surface area (Å²) in [6.07, 6.45) is 3.26. The first-order chi connectivity index (χ1) is 9.11. The Bertz CT molecular complexity index is 317. The molecule has 0 spiro atoms. The van der Waals surface area contributed by atoms with Crippen molar-refractivity contribution in [3.05, 3.63) is 35.9 Å². The van der Waals surface area contributed by atoms with Crippen LogP contribution < -0.4 is 0 Å². The van der Waals surface area contributed by atoms with Crippen molar-refractivity contribution in [3.63, 3.8) is 0 Å². The van der Waals surface area contributed by atoms with Crippen LogP contribution in [-0.2, 0) is 0 Å². The first-order valence-corrected chi connectivity index (χ1v) is 7.11. The van der Waals surface area contributed by atoms with Gasteiger partial charge in [0.05, 0.1) is 0 Å². The number of hydrogen-bond acceptors (Lipinski definition) is 1. The fourth-order valence-electron chi connectivity index (χ4n) is 1.54. The highest BCUT2D eigenvalue weighted by atomic mass is 16.4. The summed E-state index contributed by atoms with van der Waals surface area (Å²) < 4.78 is 0. The molecule has 0 aliphatic heterocycles. The zero-order chi connectivity index (χ0) is 14.5. The molecular weight excluding hydrogens is 238 g/mol. The second-order valence-corrected chi connectivity index (χ2v) is 4.63. The van der Waals surface area contributed by atoms with Crippen molar-refractivity contribution in [1.82, 2.24) is 4.90 Å². The molecule has 0 unspecified atom stereocenters. The number of rotatable bonds is 6. The summed E-state index contributed by atoms with van der Waals surface area (Å²) in [6.45, 7) is 7.59. The van der Waals surface area contributed by atoms with Gasteiger partial charge in [-0.15, -0.1) is 0 Å². The molecule has 3 nitrogen and oxygen atoms in total. The predicted molar refractivity (Wildman–Crippen MR) is 80.6 cm³/mol. The zero-order valence-electron chi connectivity index (χ0n) is 12.4. The van der Waals surface area contributed by atoms with Crippen LogP contribution in [0.4, 0.5) is 4.79 Å². The molecule has 19 heavy (non-hydrogen) atoms. The summed E-state index contributed by atoms with van der Waals surface area (Å²) >= 11 is 0. The average molecular weight is 265 g/mol. The monoisotopic (exact) mass is 265 g/mol. The van der Waals surface area contributed by atoms with Crippen LogP contribution in [0.25, 0.3) is 0 Å². The summed E-state index contributed by atoms with van der Waals surface area (Å²) in [5.41, 5.74) is 1.32. The van der Waals surface area contributed by atoms with E-state index in [4.69, 9.17) is 5.11 Å². The van der Waals surface area contributed by atoms with Crippen LogP contribution in [0.15, 0.2) is 30.3 Å². The van der Waals surface area contributed by atoms with Crippen LogP contribution in [0.3, 0.4) is 0 Å². The van der Waals surface area contributed by atoms with Crippen LogP contribution in [-0.4, -0.2) is 29.2 Å². The van der Waals surface area contributed by atoms with Crippen molar-refractivity contribution in [2.45, 2.75) is 46.5 Å². The molecule has 3 heteroatoms. The number of amides is 1. The van der Waals surface area contributed by atoms with Crippen molar-refractivity contribution in [2.24, 2.45) is 0 Å². The molecule has 0 bridgehead atoms. The molecular formula is C16H27NO2. The van der Waals surface area contributed by atoms with E-state index in [1.54, 1.807) is 0 Å². The molecule has 1 rings (SSSR count). The van der Waals surface area contributed by atoms with E-state index in [0.29, 0.717) is 13.1 Å². The maximum atomic E-state index is 10.6. The average Bonchev–Trinajstić information content (AvgIpc) is 2.40. The van der Waals surface area contributed by atoms with Crippen LogP contribution in [0.2, 0.25) is 0 Å². The number of hydrogen-bond donors (Lipinski definition) is 1. The van der Waals surface area contributed by atoms with Gasteiger partial charge in [-0.1, -0.05) is 62.6 Å². The summed E-state index contributed by atoms with van der Waals surface area (Å²) in [5.74, 6) is 0. The van der Waals surface area contributed by atoms with Gasteiger partial charge in [0.15, 0.2) is 0 Å². The van der Waals surface area contributed by atoms with Gasteiger partial charge in [0.25, 0.3) is 0 Å². The third kappa shape index (κ3) is 10.1. The Morgan fingerprint density at radius 1 is 1.05 bits per heavy atom. The Hall–Kier alpha value is -1.51. The molecule has 1 N–H and O–H groups in total. The minimum absolute atomic E-state index is 0.686. The molecule has 0 atom stereocenters. The smallest absolute Gasteiger partial charge is 0.407 e. The molecule has 0 fully saturated rings. The second-order valence-electron chi connectivity index (χ2n) is 4.63. The second kappa shape index (κ2) is 11.6. The van der Waals surface area contributed by atoms with Crippen molar-refractivity contribution >= 4 is 6.09 Å². The van der Waals surface area contributed by atoms with E-state index in [2.05, 4.69) is 32.9 Å². The highest BCUT2D eigenvalue weighted by molar-refractivity contribution is 5.64. The molecule has 0 aliphatic carbocycles. The molecule has 0 saturated heterocycles. The lowest BCUT2D eigenvalue weighted by atomic mass is 10.2. The van der Waals surface area contributed by atoms with Crippen molar-refractivity contribution in [2.75, 3.05) is 13.1 Å². The Balaban J connectivity index is 0.000000388. The number of unbranched alkanes of at least 4 members (excludes halogenated alkanes) is 2. The third-order valence-electron chi connectivity index (χ3n) is 2.77. The molecule has 108 valence electrons. The molecule has 0 heterocycles. The zero-order valence-corrected chi connectivity index (χ0v) is 12.4. The number of carboxylic acid groups (broad SMARTS) is 1. The van der Waals surface area contributed by atoms with Gasteiger partial charge < -0.3 is 10.0 Å². The van der Waals surface area contributed by atoms with Gasteiger partial charge in [0.2, 0.25) is 0 Å². The first-order valence-electron chi connectivity index (χ1n) is 7.11. The molecule has 1 aromatic carbocycles. The van der Waals surface area contributed by atoms with Crippen molar-refractivity contribution in [1.29, 1.82) is 0 Å². The van der Waals surface area contributed by atoms with Gasteiger partial charge >= 0.3 is 6.09 Å². The quantitative estimate of drug-likeness (QED) is 0.819. The van der Waals surface area contributed by atoms with E-state index in [1.807, 2.05) is 18.2 Å². The molecule has 0 radical (unpaired) electrons. The Morgan fingerprint density at radius 3 is 1.79 bits per heavy atom. The van der Waals surface area contributed by atoms with E-state index in [0.717, 1.165) is 25.7 Å². The highest BCUT2D eigenvalue weighted by Crippen LogP contribution is 1.99. The summed E-state index contributed by atoms with van der Waals surface area (Å²) in [4.78, 5) is 12.1. The van der Waals surface area contributed by atoms with Crippen LogP contribution in [0.5, 0.6) is 0 Å². The molecule has 0 saturated carbocycles. The maximum absolute atomic E-state index is 10.6. The van der Waals surface area contributed by atoms with Gasteiger partial charge in [0.1, 0.15) is 0 Å². The molecule has 0 aromatic heterocycles. The Morgan fingerprint density at radius 2 is 1.53 bits per heavy atom. The van der Waals surface area contributed by atoms with Gasteiger partial charge in [-0.25, -0.2) is 4.79 Å². The number of carbonyl (C=O) groups is 1. The summed E-state index contributed by atoms with van der Waals surface area (Å²) in [5, 5.41) is 8.75. The maximum Gasteiger partial charge on any atom is 0.407 e. The van der Waals surface area contributed by atoms with E-state index in [9.17, 15) is 4.79 Å². The fraction of sp³-hybridized carbons (Fsp3) is 0.562. The van der Waals surface area contributed by atoms with Crippen LogP contribution in [0, 0.1) is 6.92 Å². The largest absolute Gasteiger partial charge is 0.465 e. The topological polar surface area (TPSA) is 40.5 Å². The number of benzene rings is 1. The minimum atomic E-state index is -0.781. The standard InChI is InChI=1S/C9H19NO2.C7H8/c1-3-5-7-10(9(11)12)8-6-4-2;1-7-5-3-2-4-6-7/h3-8H2,1-2H3,(H,11,12);2-6H,1H3. The van der Waals surface area contributed by atoms with E-state index < -0.39 is 6.09 Å². The van der Waals surface area contributed by atoms with Crippen molar-refractivity contribution in [3.8, 4) is 0 Å². The molecule has 1 aromatic rings. The van der Waals surface area contributed by atoms with Gasteiger partial charge in [0, 0.05) is 13.1 Å². The number of aryl methyl sites for hydroxylation is 1. The molecule has 0 aliphatic rings. The van der Waals surface area contributed by atoms with E-state index in [-0.39, 0.29) is 0 Å². The molecule has 1 amide bonds. The van der Waals surface area contributed by atoms with E-state index in [1.165, 1.54) is 10.5 Å².